The lowest BCUT2D eigenvalue weighted by Crippen LogP contribution is -2.22. The average molecular weight is 377 g/mol. The van der Waals surface area contributed by atoms with Crippen LogP contribution in [0.5, 0.6) is 5.88 Å². The second-order valence-corrected chi connectivity index (χ2v) is 6.18. The Bertz CT molecular complexity index is 837. The van der Waals surface area contributed by atoms with Crippen LogP contribution in [0, 0.1) is 17.1 Å². The van der Waals surface area contributed by atoms with Gasteiger partial charge in [0.05, 0.1) is 11.5 Å². The molecule has 3 N–H and O–H groups in total. The van der Waals surface area contributed by atoms with E-state index in [1.54, 1.807) is 12.1 Å². The third kappa shape index (κ3) is 2.59. The van der Waals surface area contributed by atoms with Gasteiger partial charge in [-0.1, -0.05) is 35.3 Å². The molecule has 1 aliphatic rings. The number of hydrogen-bond acceptors (Lipinski definition) is 4. The molecule has 2 heterocycles. The van der Waals surface area contributed by atoms with E-state index in [0.717, 1.165) is 18.5 Å². The van der Waals surface area contributed by atoms with Crippen LogP contribution in [-0.2, 0) is 6.42 Å². The van der Waals surface area contributed by atoms with Gasteiger partial charge in [-0.05, 0) is 18.6 Å². The summed E-state index contributed by atoms with van der Waals surface area (Å²) in [6.07, 6.45) is 1.60. The molecule has 0 aliphatic carbocycles. The number of rotatable bonds is 3. The first-order chi connectivity index (χ1) is 11.1. The van der Waals surface area contributed by atoms with Crippen LogP contribution in [-0.4, -0.2) is 10.2 Å². The quantitative estimate of drug-likeness (QED) is 0.857. The highest BCUT2D eigenvalue weighted by Crippen LogP contribution is 2.44. The molecule has 0 bridgehead atoms. The Hall–Kier alpha value is -2.33. The fraction of sp³-hybridized carbons (Fsp3) is 0.250. The number of hydrogen-bond donors (Lipinski definition) is 2. The summed E-state index contributed by atoms with van der Waals surface area (Å²) in [5, 5.41) is 16.5. The monoisotopic (exact) mass is 376 g/mol. The summed E-state index contributed by atoms with van der Waals surface area (Å²) in [6.45, 7) is 2.03. The summed E-state index contributed by atoms with van der Waals surface area (Å²) < 4.78 is 20.6. The third-order valence-corrected chi connectivity index (χ3v) is 4.28. The van der Waals surface area contributed by atoms with Gasteiger partial charge in [0.1, 0.15) is 17.5 Å². The molecule has 1 atom stereocenters. The van der Waals surface area contributed by atoms with Crippen LogP contribution in [0.3, 0.4) is 0 Å². The maximum absolute atomic E-state index is 14.5. The maximum Gasteiger partial charge on any atom is 0.244 e. The van der Waals surface area contributed by atoms with E-state index >= 15 is 0 Å². The van der Waals surface area contributed by atoms with E-state index in [4.69, 9.17) is 10.5 Å². The molecule has 0 fully saturated rings. The first kappa shape index (κ1) is 15.6. The van der Waals surface area contributed by atoms with Crippen molar-refractivity contribution in [1.82, 2.24) is 10.2 Å². The zero-order valence-corrected chi connectivity index (χ0v) is 13.9. The topological polar surface area (TPSA) is 87.7 Å². The van der Waals surface area contributed by atoms with Crippen LogP contribution in [0.2, 0.25) is 0 Å². The molecule has 2 aromatic rings. The fourth-order valence-corrected chi connectivity index (χ4v) is 3.13. The zero-order valence-electron chi connectivity index (χ0n) is 12.4. The van der Waals surface area contributed by atoms with Gasteiger partial charge < -0.3 is 10.5 Å². The molecule has 3 rings (SSSR count). The molecule has 5 nitrogen and oxygen atoms in total. The summed E-state index contributed by atoms with van der Waals surface area (Å²) in [5.41, 5.74) is 7.92. The minimum atomic E-state index is -0.628. The highest BCUT2D eigenvalue weighted by molar-refractivity contribution is 9.10. The van der Waals surface area contributed by atoms with Crippen molar-refractivity contribution in [2.24, 2.45) is 5.73 Å². The molecule has 118 valence electrons. The summed E-state index contributed by atoms with van der Waals surface area (Å²) in [5.74, 6) is -0.780. The molecule has 1 aromatic carbocycles. The van der Waals surface area contributed by atoms with Gasteiger partial charge in [0.25, 0.3) is 0 Å². The smallest absolute Gasteiger partial charge is 0.244 e. The lowest BCUT2D eigenvalue weighted by atomic mass is 9.83. The number of aromatic nitrogens is 2. The summed E-state index contributed by atoms with van der Waals surface area (Å²) in [4.78, 5) is 0. The summed E-state index contributed by atoms with van der Waals surface area (Å²) in [7, 11) is 0. The first-order valence-electron chi connectivity index (χ1n) is 7.16. The van der Waals surface area contributed by atoms with Crippen LogP contribution in [0.25, 0.3) is 0 Å². The van der Waals surface area contributed by atoms with Gasteiger partial charge in [-0.2, -0.15) is 5.26 Å². The molecule has 23 heavy (non-hydrogen) atoms. The average Bonchev–Trinajstić information content (AvgIpc) is 2.89. The number of nitrogens with two attached hydrogens (primary N) is 1. The molecule has 0 radical (unpaired) electrons. The molecule has 1 aromatic heterocycles. The van der Waals surface area contributed by atoms with Crippen molar-refractivity contribution in [1.29, 1.82) is 5.26 Å². The maximum atomic E-state index is 14.5. The van der Waals surface area contributed by atoms with E-state index in [1.807, 2.05) is 6.92 Å². The van der Waals surface area contributed by atoms with Crippen molar-refractivity contribution in [3.63, 3.8) is 0 Å². The Morgan fingerprint density at radius 2 is 2.30 bits per heavy atom. The molecule has 0 saturated carbocycles. The van der Waals surface area contributed by atoms with E-state index in [0.29, 0.717) is 21.5 Å². The predicted octanol–water partition coefficient (Wildman–Crippen LogP) is 3.48. The van der Waals surface area contributed by atoms with E-state index in [1.165, 1.54) is 6.07 Å². The fourth-order valence-electron chi connectivity index (χ4n) is 2.80. The number of fused-ring (bicyclic) bond motifs is 1. The summed E-state index contributed by atoms with van der Waals surface area (Å²) >= 11 is 3.24. The number of aryl methyl sites for hydroxylation is 1. The lowest BCUT2D eigenvalue weighted by Gasteiger charge is -2.24. The number of ether oxygens (including phenoxy) is 1. The Morgan fingerprint density at radius 1 is 1.52 bits per heavy atom. The number of nitrogens with zero attached hydrogens (tertiary/aromatic N) is 2. The number of H-pyrrole nitrogens is 1. The molecule has 7 heteroatoms. The van der Waals surface area contributed by atoms with Crippen molar-refractivity contribution in [2.75, 3.05) is 0 Å². The molecule has 1 aliphatic heterocycles. The van der Waals surface area contributed by atoms with Crippen molar-refractivity contribution in [2.45, 2.75) is 25.7 Å². The molecular formula is C16H14BrFN4O. The Labute approximate surface area is 141 Å². The molecular weight excluding hydrogens is 363 g/mol. The number of nitriles is 1. The predicted molar refractivity (Wildman–Crippen MR) is 86.0 cm³/mol. The highest BCUT2D eigenvalue weighted by Gasteiger charge is 2.36. The van der Waals surface area contributed by atoms with Gasteiger partial charge in [0.2, 0.25) is 11.8 Å². The minimum absolute atomic E-state index is 0.0399. The molecule has 0 spiro atoms. The SMILES string of the molecule is CCCc1[nH]nc2c1C(c1ccc(Br)cc1F)C(C#N)=C(N)O2. The van der Waals surface area contributed by atoms with E-state index in [9.17, 15) is 9.65 Å². The van der Waals surface area contributed by atoms with Crippen LogP contribution in [0.1, 0.15) is 36.1 Å². The molecule has 0 saturated heterocycles. The number of benzene rings is 1. The highest BCUT2D eigenvalue weighted by atomic mass is 79.9. The zero-order chi connectivity index (χ0) is 16.6. The lowest BCUT2D eigenvalue weighted by molar-refractivity contribution is 0.377. The molecule has 0 amide bonds. The first-order valence-corrected chi connectivity index (χ1v) is 7.95. The summed E-state index contributed by atoms with van der Waals surface area (Å²) in [6, 6.07) is 6.80. The Balaban J connectivity index is 2.24. The van der Waals surface area contributed by atoms with E-state index in [2.05, 4.69) is 32.2 Å². The second-order valence-electron chi connectivity index (χ2n) is 5.26. The van der Waals surface area contributed by atoms with Gasteiger partial charge in [-0.15, -0.1) is 5.10 Å². The number of aromatic amines is 1. The van der Waals surface area contributed by atoms with Gasteiger partial charge >= 0.3 is 0 Å². The van der Waals surface area contributed by atoms with Crippen molar-refractivity contribution in [3.05, 3.63) is 56.8 Å². The van der Waals surface area contributed by atoms with Crippen LogP contribution in [0.4, 0.5) is 4.39 Å². The van der Waals surface area contributed by atoms with Gasteiger partial charge in [0.15, 0.2) is 0 Å². The van der Waals surface area contributed by atoms with Crippen LogP contribution in [0.15, 0.2) is 34.1 Å². The van der Waals surface area contributed by atoms with Gasteiger partial charge in [-0.3, -0.25) is 5.10 Å². The molecule has 1 unspecified atom stereocenters. The van der Waals surface area contributed by atoms with E-state index < -0.39 is 11.7 Å². The number of halogens is 2. The van der Waals surface area contributed by atoms with E-state index in [-0.39, 0.29) is 11.5 Å². The standard InChI is InChI=1S/C16H14BrFN4O/c1-2-3-12-14-13(9-5-4-8(17)6-11(9)18)10(7-19)15(20)23-16(14)22-21-12/h4-6,13H,2-3,20H2,1H3,(H,21,22). The van der Waals surface area contributed by atoms with Crippen molar-refractivity contribution in [3.8, 4) is 11.9 Å². The van der Waals surface area contributed by atoms with Crippen LogP contribution < -0.4 is 10.5 Å². The van der Waals surface area contributed by atoms with Crippen LogP contribution >= 0.6 is 15.9 Å². The number of nitrogens with one attached hydrogen (secondary N) is 1. The van der Waals surface area contributed by atoms with Gasteiger partial charge in [0, 0.05) is 15.7 Å². The number of allylic oxidation sites excluding steroid dienone is 1. The second kappa shape index (κ2) is 6.05. The van der Waals surface area contributed by atoms with Crippen molar-refractivity contribution >= 4 is 15.9 Å². The van der Waals surface area contributed by atoms with Gasteiger partial charge in [-0.25, -0.2) is 4.39 Å². The Kier molecular flexibility index (Phi) is 4.09. The Morgan fingerprint density at radius 3 is 2.96 bits per heavy atom. The van der Waals surface area contributed by atoms with Crippen molar-refractivity contribution < 1.29 is 9.13 Å². The third-order valence-electron chi connectivity index (χ3n) is 3.79. The minimum Gasteiger partial charge on any atom is -0.420 e. The normalized spacial score (nSPS) is 16.7. The largest absolute Gasteiger partial charge is 0.420 e.